The highest BCUT2D eigenvalue weighted by Crippen LogP contribution is 2.17. The lowest BCUT2D eigenvalue weighted by molar-refractivity contribution is -0.133. The van der Waals surface area contributed by atoms with E-state index in [-0.39, 0.29) is 17.9 Å². The predicted molar refractivity (Wildman–Crippen MR) is 71.3 cm³/mol. The van der Waals surface area contributed by atoms with Crippen LogP contribution in [0.15, 0.2) is 24.3 Å². The molecule has 0 spiro atoms. The van der Waals surface area contributed by atoms with Crippen LogP contribution >= 0.6 is 0 Å². The molecule has 1 aromatic carbocycles. The van der Waals surface area contributed by atoms with Crippen LogP contribution in [-0.2, 0) is 11.2 Å². The summed E-state index contributed by atoms with van der Waals surface area (Å²) in [5, 5.41) is 9.67. The van der Waals surface area contributed by atoms with Crippen molar-refractivity contribution in [2.24, 2.45) is 5.92 Å². The number of hydrogen-bond acceptors (Lipinski definition) is 2. The summed E-state index contributed by atoms with van der Waals surface area (Å²) < 4.78 is 0. The van der Waals surface area contributed by atoms with Gasteiger partial charge in [0.2, 0.25) is 5.91 Å². The number of carbonyl (C=O) groups excluding carboxylic acids is 1. The number of aryl methyl sites for hydroxylation is 1. The summed E-state index contributed by atoms with van der Waals surface area (Å²) in [6, 6.07) is 8.07. The van der Waals surface area contributed by atoms with Crippen LogP contribution in [0.3, 0.4) is 0 Å². The van der Waals surface area contributed by atoms with Gasteiger partial charge in [0.05, 0.1) is 12.5 Å². The van der Waals surface area contributed by atoms with Crippen molar-refractivity contribution < 1.29 is 9.90 Å². The van der Waals surface area contributed by atoms with E-state index in [1.54, 1.807) is 0 Å². The van der Waals surface area contributed by atoms with E-state index in [0.29, 0.717) is 25.9 Å². The van der Waals surface area contributed by atoms with Gasteiger partial charge in [0.25, 0.3) is 0 Å². The van der Waals surface area contributed by atoms with Gasteiger partial charge in [0, 0.05) is 13.1 Å². The number of amides is 1. The highest BCUT2D eigenvalue weighted by Gasteiger charge is 2.26. The molecular weight excluding hydrogens is 226 g/mol. The van der Waals surface area contributed by atoms with E-state index < -0.39 is 0 Å². The molecule has 1 aromatic rings. The minimum absolute atomic E-state index is 0.166. The van der Waals surface area contributed by atoms with Gasteiger partial charge in [0.1, 0.15) is 0 Å². The van der Waals surface area contributed by atoms with Crippen LogP contribution in [-0.4, -0.2) is 35.1 Å². The molecule has 1 heterocycles. The normalized spacial score (nSPS) is 24.1. The number of nitrogens with zero attached hydrogens (tertiary/aromatic N) is 1. The SMILES string of the molecule is Cc1cccc(CC(=O)N2CCC(O)C(C)C2)c1. The molecule has 0 aliphatic carbocycles. The van der Waals surface area contributed by atoms with Crippen LogP contribution in [0, 0.1) is 12.8 Å². The lowest BCUT2D eigenvalue weighted by Gasteiger charge is -2.34. The Morgan fingerprint density at radius 1 is 1.50 bits per heavy atom. The van der Waals surface area contributed by atoms with E-state index in [1.807, 2.05) is 36.9 Å². The number of aliphatic hydroxyl groups excluding tert-OH is 1. The van der Waals surface area contributed by atoms with E-state index in [2.05, 4.69) is 6.07 Å². The van der Waals surface area contributed by atoms with Crippen molar-refractivity contribution in [2.45, 2.75) is 32.8 Å². The fourth-order valence-electron chi connectivity index (χ4n) is 2.47. The molecule has 98 valence electrons. The number of hydrogen-bond donors (Lipinski definition) is 1. The van der Waals surface area contributed by atoms with Gasteiger partial charge in [-0.25, -0.2) is 0 Å². The molecule has 3 nitrogen and oxygen atoms in total. The summed E-state index contributed by atoms with van der Waals surface area (Å²) in [6.45, 7) is 5.38. The molecule has 0 aromatic heterocycles. The number of piperidine rings is 1. The van der Waals surface area contributed by atoms with Crippen molar-refractivity contribution >= 4 is 5.91 Å². The first-order valence-electron chi connectivity index (χ1n) is 6.57. The molecule has 3 heteroatoms. The molecule has 1 aliphatic heterocycles. The second kappa shape index (κ2) is 5.53. The second-order valence-corrected chi connectivity index (χ2v) is 5.34. The molecule has 1 saturated heterocycles. The minimum Gasteiger partial charge on any atom is -0.393 e. The molecule has 2 rings (SSSR count). The summed E-state index contributed by atoms with van der Waals surface area (Å²) in [5.41, 5.74) is 2.25. The molecule has 0 saturated carbocycles. The van der Waals surface area contributed by atoms with Gasteiger partial charge in [-0.3, -0.25) is 4.79 Å². The second-order valence-electron chi connectivity index (χ2n) is 5.34. The van der Waals surface area contributed by atoms with Gasteiger partial charge >= 0.3 is 0 Å². The number of rotatable bonds is 2. The Morgan fingerprint density at radius 2 is 2.28 bits per heavy atom. The molecule has 1 N–H and O–H groups in total. The standard InChI is InChI=1S/C15H21NO2/c1-11-4-3-5-13(8-11)9-15(18)16-7-6-14(17)12(2)10-16/h3-5,8,12,14,17H,6-7,9-10H2,1-2H3. The fourth-order valence-corrected chi connectivity index (χ4v) is 2.47. The van der Waals surface area contributed by atoms with Crippen LogP contribution in [0.4, 0.5) is 0 Å². The number of likely N-dealkylation sites (tertiary alicyclic amines) is 1. The molecule has 1 fully saturated rings. The Bertz CT molecular complexity index is 430. The molecule has 2 unspecified atom stereocenters. The minimum atomic E-state index is -0.256. The smallest absolute Gasteiger partial charge is 0.227 e. The molecule has 2 atom stereocenters. The first-order valence-corrected chi connectivity index (χ1v) is 6.57. The van der Waals surface area contributed by atoms with Gasteiger partial charge in [-0.05, 0) is 24.8 Å². The highest BCUT2D eigenvalue weighted by atomic mass is 16.3. The van der Waals surface area contributed by atoms with Gasteiger partial charge in [-0.2, -0.15) is 0 Å². The van der Waals surface area contributed by atoms with Crippen LogP contribution < -0.4 is 0 Å². The predicted octanol–water partition coefficient (Wildman–Crippen LogP) is 1.77. The summed E-state index contributed by atoms with van der Waals surface area (Å²) in [5.74, 6) is 0.347. The van der Waals surface area contributed by atoms with E-state index >= 15 is 0 Å². The van der Waals surface area contributed by atoms with Gasteiger partial charge in [0.15, 0.2) is 0 Å². The third-order valence-electron chi connectivity index (χ3n) is 3.65. The number of aliphatic hydroxyl groups is 1. The maximum absolute atomic E-state index is 12.2. The zero-order valence-corrected chi connectivity index (χ0v) is 11.1. The van der Waals surface area contributed by atoms with Gasteiger partial charge in [-0.15, -0.1) is 0 Å². The maximum atomic E-state index is 12.2. The topological polar surface area (TPSA) is 40.5 Å². The van der Waals surface area contributed by atoms with Crippen LogP contribution in [0.25, 0.3) is 0 Å². The Kier molecular flexibility index (Phi) is 4.02. The third kappa shape index (κ3) is 3.10. The third-order valence-corrected chi connectivity index (χ3v) is 3.65. The summed E-state index contributed by atoms with van der Waals surface area (Å²) in [4.78, 5) is 14.1. The molecule has 1 amide bonds. The van der Waals surface area contributed by atoms with Gasteiger partial charge in [-0.1, -0.05) is 36.8 Å². The fraction of sp³-hybridized carbons (Fsp3) is 0.533. The van der Waals surface area contributed by atoms with Crippen LogP contribution in [0.2, 0.25) is 0 Å². The number of carbonyl (C=O) groups is 1. The zero-order chi connectivity index (χ0) is 13.1. The molecule has 1 aliphatic rings. The highest BCUT2D eigenvalue weighted by molar-refractivity contribution is 5.79. The first kappa shape index (κ1) is 13.1. The quantitative estimate of drug-likeness (QED) is 0.865. The van der Waals surface area contributed by atoms with Crippen molar-refractivity contribution in [3.05, 3.63) is 35.4 Å². The molecule has 0 radical (unpaired) electrons. The Hall–Kier alpha value is -1.35. The first-order chi connectivity index (χ1) is 8.56. The maximum Gasteiger partial charge on any atom is 0.227 e. The Labute approximate surface area is 108 Å². The van der Waals surface area contributed by atoms with Crippen molar-refractivity contribution in [1.29, 1.82) is 0 Å². The Morgan fingerprint density at radius 3 is 2.94 bits per heavy atom. The van der Waals surface area contributed by atoms with Crippen molar-refractivity contribution in [2.75, 3.05) is 13.1 Å². The summed E-state index contributed by atoms with van der Waals surface area (Å²) >= 11 is 0. The molecule has 18 heavy (non-hydrogen) atoms. The lowest BCUT2D eigenvalue weighted by Crippen LogP contribution is -2.45. The largest absolute Gasteiger partial charge is 0.393 e. The van der Waals surface area contributed by atoms with Crippen LogP contribution in [0.5, 0.6) is 0 Å². The lowest BCUT2D eigenvalue weighted by atomic mass is 9.96. The van der Waals surface area contributed by atoms with Crippen molar-refractivity contribution in [3.63, 3.8) is 0 Å². The summed E-state index contributed by atoms with van der Waals surface area (Å²) in [7, 11) is 0. The van der Waals surface area contributed by atoms with E-state index in [4.69, 9.17) is 0 Å². The molecular formula is C15H21NO2. The van der Waals surface area contributed by atoms with Gasteiger partial charge < -0.3 is 10.0 Å². The van der Waals surface area contributed by atoms with Crippen LogP contribution in [0.1, 0.15) is 24.5 Å². The average molecular weight is 247 g/mol. The molecule has 0 bridgehead atoms. The van der Waals surface area contributed by atoms with E-state index in [0.717, 1.165) is 5.56 Å². The van der Waals surface area contributed by atoms with Crippen molar-refractivity contribution in [1.82, 2.24) is 4.90 Å². The zero-order valence-electron chi connectivity index (χ0n) is 11.1. The Balaban J connectivity index is 1.96. The van der Waals surface area contributed by atoms with Crippen molar-refractivity contribution in [3.8, 4) is 0 Å². The van der Waals surface area contributed by atoms with E-state index in [1.165, 1.54) is 5.56 Å². The monoisotopic (exact) mass is 247 g/mol. The van der Waals surface area contributed by atoms with E-state index in [9.17, 15) is 9.90 Å². The average Bonchev–Trinajstić information content (AvgIpc) is 2.32. The summed E-state index contributed by atoms with van der Waals surface area (Å²) in [6.07, 6.45) is 0.901. The number of benzene rings is 1.